The molecule has 2 fully saturated rings. The molecule has 1 aromatic rings. The molecule has 3 nitrogen and oxygen atoms in total. The van der Waals surface area contributed by atoms with Gasteiger partial charge in [0.2, 0.25) is 0 Å². The van der Waals surface area contributed by atoms with Crippen molar-refractivity contribution in [1.29, 1.82) is 0 Å². The van der Waals surface area contributed by atoms with Crippen molar-refractivity contribution in [3.63, 3.8) is 0 Å². The van der Waals surface area contributed by atoms with Crippen LogP contribution in [0.25, 0.3) is 0 Å². The molecule has 1 amide bonds. The molecule has 0 aromatic heterocycles. The highest BCUT2D eigenvalue weighted by atomic mass is 19.1. The molecule has 3 rings (SSSR count). The van der Waals surface area contributed by atoms with Gasteiger partial charge in [-0.05, 0) is 69.3 Å². The molecule has 2 aliphatic heterocycles. The fraction of sp³-hybridized carbons (Fsp3) is 0.588. The van der Waals surface area contributed by atoms with Crippen molar-refractivity contribution in [3.05, 3.63) is 35.1 Å². The van der Waals surface area contributed by atoms with E-state index in [0.717, 1.165) is 50.9 Å². The zero-order valence-electron chi connectivity index (χ0n) is 12.6. The lowest BCUT2D eigenvalue weighted by Crippen LogP contribution is -2.44. The third kappa shape index (κ3) is 2.95. The minimum atomic E-state index is -0.393. The second-order valence-electron chi connectivity index (χ2n) is 6.28. The van der Waals surface area contributed by atoms with Gasteiger partial charge in [-0.3, -0.25) is 4.79 Å². The second kappa shape index (κ2) is 6.14. The summed E-state index contributed by atoms with van der Waals surface area (Å²) >= 11 is 0. The maximum absolute atomic E-state index is 14.1. The van der Waals surface area contributed by atoms with Crippen molar-refractivity contribution >= 4 is 5.91 Å². The van der Waals surface area contributed by atoms with Gasteiger partial charge in [-0.15, -0.1) is 0 Å². The highest BCUT2D eigenvalue weighted by molar-refractivity contribution is 5.95. The lowest BCUT2D eigenvalue weighted by molar-refractivity contribution is 0.0661. The van der Waals surface area contributed by atoms with Crippen LogP contribution in [-0.4, -0.2) is 36.5 Å². The molecule has 0 radical (unpaired) electrons. The number of hydrogen-bond donors (Lipinski definition) is 1. The third-order valence-corrected chi connectivity index (χ3v) is 4.84. The Balaban J connectivity index is 1.79. The van der Waals surface area contributed by atoms with Crippen LogP contribution in [0.15, 0.2) is 18.2 Å². The molecule has 2 aliphatic rings. The minimum Gasteiger partial charge on any atom is -0.335 e. The van der Waals surface area contributed by atoms with E-state index in [1.165, 1.54) is 6.07 Å². The Bertz CT molecular complexity index is 526. The molecule has 0 spiro atoms. The third-order valence-electron chi connectivity index (χ3n) is 4.84. The van der Waals surface area contributed by atoms with Gasteiger partial charge in [-0.1, -0.05) is 6.07 Å². The smallest absolute Gasteiger partial charge is 0.257 e. The van der Waals surface area contributed by atoms with E-state index in [4.69, 9.17) is 0 Å². The van der Waals surface area contributed by atoms with Gasteiger partial charge in [0.15, 0.2) is 0 Å². The van der Waals surface area contributed by atoms with Crippen LogP contribution in [0.3, 0.4) is 0 Å². The SMILES string of the molecule is Cc1ccc(C(=O)N2CCCC2C2CCNCC2)c(F)c1. The number of piperidine rings is 1. The van der Waals surface area contributed by atoms with Gasteiger partial charge in [0.25, 0.3) is 5.91 Å². The lowest BCUT2D eigenvalue weighted by atomic mass is 9.88. The fourth-order valence-corrected chi connectivity index (χ4v) is 3.71. The van der Waals surface area contributed by atoms with Crippen molar-refractivity contribution in [2.75, 3.05) is 19.6 Å². The number of carbonyl (C=O) groups is 1. The van der Waals surface area contributed by atoms with E-state index >= 15 is 0 Å². The highest BCUT2D eigenvalue weighted by Crippen LogP contribution is 2.31. The summed E-state index contributed by atoms with van der Waals surface area (Å²) in [5.41, 5.74) is 1.07. The summed E-state index contributed by atoms with van der Waals surface area (Å²) in [6.07, 6.45) is 4.33. The first-order valence-corrected chi connectivity index (χ1v) is 7.94. The standard InChI is InChI=1S/C17H23FN2O/c1-12-4-5-14(15(18)11-12)17(21)20-10-2-3-16(20)13-6-8-19-9-7-13/h4-5,11,13,16,19H,2-3,6-10H2,1H3. The molecule has 4 heteroatoms. The molecule has 2 heterocycles. The lowest BCUT2D eigenvalue weighted by Gasteiger charge is -2.34. The van der Waals surface area contributed by atoms with Crippen molar-refractivity contribution in [3.8, 4) is 0 Å². The number of amides is 1. The number of nitrogens with zero attached hydrogens (tertiary/aromatic N) is 1. The molecule has 1 N–H and O–H groups in total. The summed E-state index contributed by atoms with van der Waals surface area (Å²) in [7, 11) is 0. The van der Waals surface area contributed by atoms with Gasteiger partial charge in [0.1, 0.15) is 5.82 Å². The van der Waals surface area contributed by atoms with E-state index in [2.05, 4.69) is 5.32 Å². The van der Waals surface area contributed by atoms with E-state index in [1.54, 1.807) is 6.07 Å². The average molecular weight is 290 g/mol. The molecule has 1 aromatic carbocycles. The zero-order valence-corrected chi connectivity index (χ0v) is 12.6. The predicted molar refractivity (Wildman–Crippen MR) is 80.8 cm³/mol. The van der Waals surface area contributed by atoms with E-state index in [1.807, 2.05) is 17.9 Å². The van der Waals surface area contributed by atoms with Gasteiger partial charge < -0.3 is 10.2 Å². The first-order valence-electron chi connectivity index (χ1n) is 7.94. The van der Waals surface area contributed by atoms with Crippen LogP contribution in [0.5, 0.6) is 0 Å². The van der Waals surface area contributed by atoms with Gasteiger partial charge in [-0.25, -0.2) is 4.39 Å². The zero-order chi connectivity index (χ0) is 14.8. The predicted octanol–water partition coefficient (Wildman–Crippen LogP) is 2.74. The van der Waals surface area contributed by atoms with Crippen LogP contribution in [0.2, 0.25) is 0 Å². The largest absolute Gasteiger partial charge is 0.335 e. The topological polar surface area (TPSA) is 32.3 Å². The molecule has 114 valence electrons. The van der Waals surface area contributed by atoms with Crippen LogP contribution in [0, 0.1) is 18.7 Å². The summed E-state index contributed by atoms with van der Waals surface area (Å²) in [5, 5.41) is 3.37. The summed E-state index contributed by atoms with van der Waals surface area (Å²) in [6.45, 7) is 4.66. The quantitative estimate of drug-likeness (QED) is 0.908. The van der Waals surface area contributed by atoms with Crippen LogP contribution in [0.4, 0.5) is 4.39 Å². The maximum Gasteiger partial charge on any atom is 0.257 e. The summed E-state index contributed by atoms with van der Waals surface area (Å²) in [6, 6.07) is 5.18. The van der Waals surface area contributed by atoms with E-state index in [-0.39, 0.29) is 11.5 Å². The summed E-state index contributed by atoms with van der Waals surface area (Å²) < 4.78 is 14.1. The Morgan fingerprint density at radius 1 is 1.29 bits per heavy atom. The van der Waals surface area contributed by atoms with E-state index in [0.29, 0.717) is 12.0 Å². The molecular weight excluding hydrogens is 267 g/mol. The van der Waals surface area contributed by atoms with Crippen LogP contribution in [0.1, 0.15) is 41.6 Å². The number of likely N-dealkylation sites (tertiary alicyclic amines) is 1. The molecule has 0 saturated carbocycles. The van der Waals surface area contributed by atoms with Crippen molar-refractivity contribution < 1.29 is 9.18 Å². The van der Waals surface area contributed by atoms with E-state index < -0.39 is 5.82 Å². The summed E-state index contributed by atoms with van der Waals surface area (Å²) in [5.74, 6) is 0.0377. The average Bonchev–Trinajstić information content (AvgIpc) is 2.97. The highest BCUT2D eigenvalue weighted by Gasteiger charge is 2.36. The number of benzene rings is 1. The van der Waals surface area contributed by atoms with Crippen molar-refractivity contribution in [1.82, 2.24) is 10.2 Å². The number of hydrogen-bond acceptors (Lipinski definition) is 2. The Kier molecular flexibility index (Phi) is 4.24. The second-order valence-corrected chi connectivity index (χ2v) is 6.28. The van der Waals surface area contributed by atoms with Crippen molar-refractivity contribution in [2.45, 2.75) is 38.6 Å². The number of carbonyl (C=O) groups excluding carboxylic acids is 1. The number of nitrogens with one attached hydrogen (secondary N) is 1. The maximum atomic E-state index is 14.1. The van der Waals surface area contributed by atoms with Gasteiger partial charge in [0, 0.05) is 12.6 Å². The molecule has 2 saturated heterocycles. The summed E-state index contributed by atoms with van der Waals surface area (Å²) in [4.78, 5) is 14.6. The molecular formula is C17H23FN2O. The van der Waals surface area contributed by atoms with Crippen molar-refractivity contribution in [2.24, 2.45) is 5.92 Å². The van der Waals surface area contributed by atoms with Gasteiger partial charge in [-0.2, -0.15) is 0 Å². The molecule has 21 heavy (non-hydrogen) atoms. The number of rotatable bonds is 2. The first-order chi connectivity index (χ1) is 10.2. The molecule has 1 atom stereocenters. The van der Waals surface area contributed by atoms with Gasteiger partial charge in [0.05, 0.1) is 5.56 Å². The fourth-order valence-electron chi connectivity index (χ4n) is 3.71. The Hall–Kier alpha value is -1.42. The van der Waals surface area contributed by atoms with E-state index in [9.17, 15) is 9.18 Å². The first kappa shape index (κ1) is 14.5. The number of halogens is 1. The van der Waals surface area contributed by atoms with Crippen LogP contribution < -0.4 is 5.32 Å². The minimum absolute atomic E-state index is 0.131. The Morgan fingerprint density at radius 2 is 2.05 bits per heavy atom. The van der Waals surface area contributed by atoms with Crippen LogP contribution in [-0.2, 0) is 0 Å². The molecule has 1 unspecified atom stereocenters. The molecule has 0 aliphatic carbocycles. The van der Waals surface area contributed by atoms with Gasteiger partial charge >= 0.3 is 0 Å². The Labute approximate surface area is 125 Å². The Morgan fingerprint density at radius 3 is 2.76 bits per heavy atom. The molecule has 0 bridgehead atoms. The normalized spacial score (nSPS) is 23.5. The number of aryl methyl sites for hydroxylation is 1. The van der Waals surface area contributed by atoms with Crippen LogP contribution >= 0.6 is 0 Å². The monoisotopic (exact) mass is 290 g/mol.